The van der Waals surface area contributed by atoms with Crippen molar-refractivity contribution < 1.29 is 13.9 Å². The van der Waals surface area contributed by atoms with Crippen molar-refractivity contribution in [3.8, 4) is 17.6 Å². The molecule has 0 atom stereocenters. The Labute approximate surface area is 158 Å². The van der Waals surface area contributed by atoms with Crippen molar-refractivity contribution in [3.05, 3.63) is 75.1 Å². The second-order valence-corrected chi connectivity index (χ2v) is 6.17. The fourth-order valence-electron chi connectivity index (χ4n) is 2.22. The number of halogens is 1. The molecular weight excluding hydrogens is 398 g/mol. The van der Waals surface area contributed by atoms with Gasteiger partial charge in [-0.25, -0.2) is 0 Å². The van der Waals surface area contributed by atoms with Gasteiger partial charge in [-0.1, -0.05) is 46.0 Å². The van der Waals surface area contributed by atoms with E-state index >= 15 is 0 Å². The summed E-state index contributed by atoms with van der Waals surface area (Å²) in [5.74, 6) is 5.76. The van der Waals surface area contributed by atoms with Crippen molar-refractivity contribution in [1.29, 1.82) is 0 Å². The van der Waals surface area contributed by atoms with Gasteiger partial charge in [0.15, 0.2) is 11.2 Å². The number of rotatable bonds is 4. The first-order valence-electron chi connectivity index (χ1n) is 7.79. The van der Waals surface area contributed by atoms with Crippen LogP contribution in [-0.4, -0.2) is 19.1 Å². The molecule has 0 aliphatic rings. The predicted octanol–water partition coefficient (Wildman–Crippen LogP) is 3.37. The van der Waals surface area contributed by atoms with Crippen molar-refractivity contribution in [1.82, 2.24) is 5.32 Å². The Hall–Kier alpha value is -3.04. The van der Waals surface area contributed by atoms with E-state index in [-0.39, 0.29) is 24.3 Å². The molecule has 0 aliphatic carbocycles. The minimum atomic E-state index is -0.491. The first kappa shape index (κ1) is 17.8. The molecule has 0 unspecified atom stereocenters. The van der Waals surface area contributed by atoms with Crippen molar-refractivity contribution >= 4 is 32.8 Å². The molecule has 130 valence electrons. The molecule has 1 aromatic heterocycles. The van der Waals surface area contributed by atoms with Gasteiger partial charge in [-0.3, -0.25) is 9.59 Å². The van der Waals surface area contributed by atoms with E-state index in [0.717, 1.165) is 4.47 Å². The maximum atomic E-state index is 12.1. The lowest BCUT2D eigenvalue weighted by molar-refractivity contribution is 0.0931. The second kappa shape index (κ2) is 8.37. The molecule has 26 heavy (non-hydrogen) atoms. The summed E-state index contributed by atoms with van der Waals surface area (Å²) in [5, 5.41) is 3.03. The first-order valence-corrected chi connectivity index (χ1v) is 8.58. The lowest BCUT2D eigenvalue weighted by atomic mass is 10.2. The Balaban J connectivity index is 1.54. The van der Waals surface area contributed by atoms with Crippen LogP contribution in [0.3, 0.4) is 0 Å². The summed E-state index contributed by atoms with van der Waals surface area (Å²) in [6.07, 6.45) is 0. The van der Waals surface area contributed by atoms with E-state index < -0.39 is 5.91 Å². The summed E-state index contributed by atoms with van der Waals surface area (Å²) in [7, 11) is 0. The van der Waals surface area contributed by atoms with E-state index in [1.807, 2.05) is 24.3 Å². The van der Waals surface area contributed by atoms with Gasteiger partial charge in [0.25, 0.3) is 5.91 Å². The third-order valence-electron chi connectivity index (χ3n) is 3.43. The Bertz CT molecular complexity index is 1060. The molecule has 1 amide bonds. The van der Waals surface area contributed by atoms with Crippen LogP contribution in [0.1, 0.15) is 10.6 Å². The zero-order valence-electron chi connectivity index (χ0n) is 13.6. The number of nitrogens with one attached hydrogen (secondary N) is 1. The van der Waals surface area contributed by atoms with Gasteiger partial charge < -0.3 is 14.5 Å². The minimum Gasteiger partial charge on any atom is -0.481 e. The number of hydrogen-bond donors (Lipinski definition) is 1. The quantitative estimate of drug-likeness (QED) is 0.668. The van der Waals surface area contributed by atoms with Gasteiger partial charge in [0, 0.05) is 10.5 Å². The number of benzene rings is 2. The summed E-state index contributed by atoms with van der Waals surface area (Å²) >= 11 is 3.36. The van der Waals surface area contributed by atoms with Gasteiger partial charge in [0.1, 0.15) is 17.9 Å². The van der Waals surface area contributed by atoms with Crippen LogP contribution in [0.15, 0.2) is 68.3 Å². The molecule has 3 rings (SSSR count). The molecule has 1 heterocycles. The topological polar surface area (TPSA) is 68.5 Å². The summed E-state index contributed by atoms with van der Waals surface area (Å²) < 4.78 is 11.9. The van der Waals surface area contributed by atoms with Crippen molar-refractivity contribution in [2.45, 2.75) is 0 Å². The number of carbonyl (C=O) groups is 1. The van der Waals surface area contributed by atoms with Crippen LogP contribution >= 0.6 is 15.9 Å². The largest absolute Gasteiger partial charge is 0.481 e. The van der Waals surface area contributed by atoms with Crippen molar-refractivity contribution in [3.63, 3.8) is 0 Å². The lowest BCUT2D eigenvalue weighted by Crippen LogP contribution is -2.24. The molecule has 6 heteroatoms. The van der Waals surface area contributed by atoms with Crippen LogP contribution in [0.5, 0.6) is 5.75 Å². The summed E-state index contributed by atoms with van der Waals surface area (Å²) in [6.45, 7) is 0.328. The minimum absolute atomic E-state index is 0.0408. The number of carbonyl (C=O) groups excluding carboxylic acids is 1. The van der Waals surface area contributed by atoms with Crippen LogP contribution in [-0.2, 0) is 0 Å². The Kier molecular flexibility index (Phi) is 5.72. The highest BCUT2D eigenvalue weighted by Gasteiger charge is 2.10. The van der Waals surface area contributed by atoms with Crippen LogP contribution in [0.2, 0.25) is 0 Å². The van der Waals surface area contributed by atoms with E-state index in [1.54, 1.807) is 24.3 Å². The number of para-hydroxylation sites is 1. The average molecular weight is 412 g/mol. The molecule has 5 nitrogen and oxygen atoms in total. The third kappa shape index (κ3) is 4.52. The maximum absolute atomic E-state index is 12.1. The average Bonchev–Trinajstić information content (AvgIpc) is 2.64. The zero-order valence-corrected chi connectivity index (χ0v) is 15.2. The lowest BCUT2D eigenvalue weighted by Gasteiger charge is -2.03. The summed E-state index contributed by atoms with van der Waals surface area (Å²) in [6, 6.07) is 15.4. The number of hydrogen-bond acceptors (Lipinski definition) is 4. The molecule has 1 N–H and O–H groups in total. The smallest absolute Gasteiger partial charge is 0.287 e. The Morgan fingerprint density at radius 3 is 2.81 bits per heavy atom. The van der Waals surface area contributed by atoms with Gasteiger partial charge >= 0.3 is 0 Å². The zero-order chi connectivity index (χ0) is 18.4. The van der Waals surface area contributed by atoms with E-state index in [9.17, 15) is 9.59 Å². The summed E-state index contributed by atoms with van der Waals surface area (Å²) in [4.78, 5) is 24.1. The third-order valence-corrected chi connectivity index (χ3v) is 3.92. The highest BCUT2D eigenvalue weighted by Crippen LogP contribution is 2.17. The second-order valence-electron chi connectivity index (χ2n) is 5.25. The molecule has 0 spiro atoms. The van der Waals surface area contributed by atoms with Crippen molar-refractivity contribution in [2.75, 3.05) is 13.2 Å². The molecule has 0 saturated carbocycles. The molecule has 0 bridgehead atoms. The Morgan fingerprint density at radius 2 is 1.96 bits per heavy atom. The van der Waals surface area contributed by atoms with E-state index in [2.05, 4.69) is 33.1 Å². The fraction of sp³-hybridized carbons (Fsp3) is 0.100. The molecule has 0 fully saturated rings. The molecular formula is C20H14BrNO4. The standard InChI is InChI=1S/C20H14BrNO4/c21-14-6-5-7-15(12-14)25-11-4-3-10-22-20(24)19-13-17(23)16-8-1-2-9-18(16)26-19/h1-2,5-9,12-13H,10-11H2,(H,22,24). The molecule has 0 radical (unpaired) electrons. The summed E-state index contributed by atoms with van der Waals surface area (Å²) in [5.41, 5.74) is 0.115. The highest BCUT2D eigenvalue weighted by molar-refractivity contribution is 9.10. The Morgan fingerprint density at radius 1 is 1.12 bits per heavy atom. The van der Waals surface area contributed by atoms with E-state index in [4.69, 9.17) is 9.15 Å². The monoisotopic (exact) mass is 411 g/mol. The van der Waals surface area contributed by atoms with Crippen molar-refractivity contribution in [2.24, 2.45) is 0 Å². The number of fused-ring (bicyclic) bond motifs is 1. The van der Waals surface area contributed by atoms with Gasteiger partial charge in [-0.2, -0.15) is 0 Å². The fourth-order valence-corrected chi connectivity index (χ4v) is 2.60. The molecule has 0 saturated heterocycles. The van der Waals surface area contributed by atoms with Gasteiger partial charge in [0.2, 0.25) is 0 Å². The predicted molar refractivity (Wildman–Crippen MR) is 102 cm³/mol. The van der Waals surface area contributed by atoms with Crippen LogP contribution < -0.4 is 15.5 Å². The number of amides is 1. The van der Waals surface area contributed by atoms with Crippen LogP contribution in [0.25, 0.3) is 11.0 Å². The van der Waals surface area contributed by atoms with E-state index in [0.29, 0.717) is 16.7 Å². The normalized spacial score (nSPS) is 10.0. The van der Waals surface area contributed by atoms with Gasteiger partial charge in [-0.05, 0) is 30.3 Å². The first-order chi connectivity index (χ1) is 12.6. The van der Waals surface area contributed by atoms with Crippen LogP contribution in [0, 0.1) is 11.8 Å². The SMILES string of the molecule is O=C(NCC#CCOc1cccc(Br)c1)c1cc(=O)c2ccccc2o1. The van der Waals surface area contributed by atoms with E-state index in [1.165, 1.54) is 6.07 Å². The molecule has 3 aromatic rings. The van der Waals surface area contributed by atoms with Gasteiger partial charge in [-0.15, -0.1) is 0 Å². The molecule has 0 aliphatic heterocycles. The molecule has 2 aromatic carbocycles. The van der Waals surface area contributed by atoms with Gasteiger partial charge in [0.05, 0.1) is 11.9 Å². The maximum Gasteiger partial charge on any atom is 0.287 e. The highest BCUT2D eigenvalue weighted by atomic mass is 79.9. The number of ether oxygens (including phenoxy) is 1. The van der Waals surface area contributed by atoms with Crippen LogP contribution in [0.4, 0.5) is 0 Å².